The Kier molecular flexibility index (Phi) is 3.52. The number of hydrogen-bond acceptors (Lipinski definition) is 6. The largest absolute Gasteiger partial charge is 0.393 e. The van der Waals surface area contributed by atoms with Crippen LogP contribution in [0.1, 0.15) is 43.5 Å². The molecule has 1 aliphatic carbocycles. The highest BCUT2D eigenvalue weighted by molar-refractivity contribution is 5.59. The van der Waals surface area contributed by atoms with Crippen molar-refractivity contribution < 1.29 is 5.11 Å². The van der Waals surface area contributed by atoms with Crippen LogP contribution in [-0.2, 0) is 0 Å². The number of aliphatic hydroxyl groups is 1. The molecule has 0 radical (unpaired) electrons. The maximum absolute atomic E-state index is 9.75. The number of aromatic nitrogens is 2. The summed E-state index contributed by atoms with van der Waals surface area (Å²) < 4.78 is 0. The first-order valence-electron chi connectivity index (χ1n) is 7.38. The zero-order valence-corrected chi connectivity index (χ0v) is 12.1. The Bertz CT molecular complexity index is 501. The van der Waals surface area contributed by atoms with Crippen LogP contribution in [-0.4, -0.2) is 34.3 Å². The Morgan fingerprint density at radius 1 is 1.35 bits per heavy atom. The third-order valence-corrected chi connectivity index (χ3v) is 4.42. The molecule has 1 aromatic heterocycles. The van der Waals surface area contributed by atoms with Crippen molar-refractivity contribution in [3.05, 3.63) is 11.4 Å². The van der Waals surface area contributed by atoms with E-state index in [1.807, 2.05) is 13.8 Å². The van der Waals surface area contributed by atoms with Crippen LogP contribution in [0.3, 0.4) is 0 Å². The summed E-state index contributed by atoms with van der Waals surface area (Å²) in [5.41, 5.74) is 3.68. The van der Waals surface area contributed by atoms with Crippen molar-refractivity contribution in [3.8, 4) is 0 Å². The maximum atomic E-state index is 9.75. The first kappa shape index (κ1) is 13.6. The van der Waals surface area contributed by atoms with Crippen LogP contribution in [0.4, 0.5) is 11.6 Å². The molecule has 2 heterocycles. The average molecular weight is 277 g/mol. The molecule has 0 spiro atoms. The van der Waals surface area contributed by atoms with Gasteiger partial charge in [0.2, 0.25) is 0 Å². The lowest BCUT2D eigenvalue weighted by Gasteiger charge is -2.22. The lowest BCUT2D eigenvalue weighted by Crippen LogP contribution is -2.26. The molecular weight excluding hydrogens is 254 g/mol. The number of nitrogens with one attached hydrogen (secondary N) is 1. The van der Waals surface area contributed by atoms with Gasteiger partial charge < -0.3 is 15.4 Å². The van der Waals surface area contributed by atoms with E-state index in [1.165, 1.54) is 12.8 Å². The maximum Gasteiger partial charge on any atom is 0.148 e. The zero-order chi connectivity index (χ0) is 14.3. The highest BCUT2D eigenvalue weighted by Crippen LogP contribution is 2.40. The molecule has 110 valence electrons. The molecule has 2 atom stereocenters. The first-order valence-corrected chi connectivity index (χ1v) is 7.38. The minimum absolute atomic E-state index is 0.267. The lowest BCUT2D eigenvalue weighted by molar-refractivity contribution is 0.136. The fraction of sp³-hybridized carbons (Fsp3) is 0.714. The molecule has 2 unspecified atom stereocenters. The van der Waals surface area contributed by atoms with Crippen LogP contribution in [0.15, 0.2) is 0 Å². The van der Waals surface area contributed by atoms with E-state index in [0.29, 0.717) is 11.8 Å². The molecule has 1 aliphatic heterocycles. The van der Waals surface area contributed by atoms with Gasteiger partial charge in [-0.15, -0.1) is 0 Å². The molecule has 1 saturated carbocycles. The Hall–Kier alpha value is -1.40. The Balaban J connectivity index is 1.90. The number of rotatable bonds is 4. The number of anilines is 2. The standard InChI is InChI=1S/C14H23N5O/c1-8-12(18-15)16-13(10-3-4-10)17-14(8)19-6-5-11(7-19)9(2)20/h9-11,20H,3-7,15H2,1-2H3,(H,16,17,18). The summed E-state index contributed by atoms with van der Waals surface area (Å²) in [4.78, 5) is 11.5. The number of nitrogens with zero attached hydrogens (tertiary/aromatic N) is 3. The van der Waals surface area contributed by atoms with E-state index in [-0.39, 0.29) is 6.10 Å². The summed E-state index contributed by atoms with van der Waals surface area (Å²) in [6, 6.07) is 0. The van der Waals surface area contributed by atoms with Gasteiger partial charge >= 0.3 is 0 Å². The van der Waals surface area contributed by atoms with Crippen LogP contribution < -0.4 is 16.2 Å². The van der Waals surface area contributed by atoms with E-state index in [0.717, 1.165) is 42.5 Å². The molecule has 1 saturated heterocycles. The molecule has 6 nitrogen and oxygen atoms in total. The van der Waals surface area contributed by atoms with Crippen molar-refractivity contribution in [2.75, 3.05) is 23.4 Å². The molecule has 1 aromatic rings. The molecule has 6 heteroatoms. The topological polar surface area (TPSA) is 87.3 Å². The molecule has 2 aliphatic rings. The van der Waals surface area contributed by atoms with E-state index in [4.69, 9.17) is 10.8 Å². The van der Waals surface area contributed by atoms with Crippen molar-refractivity contribution in [1.82, 2.24) is 9.97 Å². The van der Waals surface area contributed by atoms with Crippen molar-refractivity contribution in [2.24, 2.45) is 11.8 Å². The second-order valence-corrected chi connectivity index (χ2v) is 6.03. The van der Waals surface area contributed by atoms with Gasteiger partial charge in [0.15, 0.2) is 0 Å². The van der Waals surface area contributed by atoms with Crippen LogP contribution in [0, 0.1) is 12.8 Å². The fourth-order valence-electron chi connectivity index (χ4n) is 2.87. The van der Waals surface area contributed by atoms with Gasteiger partial charge in [0.05, 0.1) is 6.10 Å². The monoisotopic (exact) mass is 277 g/mol. The van der Waals surface area contributed by atoms with Crippen molar-refractivity contribution >= 4 is 11.6 Å². The molecule has 3 rings (SSSR count). The normalized spacial score (nSPS) is 24.0. The Morgan fingerprint density at radius 2 is 2.10 bits per heavy atom. The van der Waals surface area contributed by atoms with Gasteiger partial charge in [0.1, 0.15) is 17.5 Å². The summed E-state index contributed by atoms with van der Waals surface area (Å²) in [7, 11) is 0. The fourth-order valence-corrected chi connectivity index (χ4v) is 2.87. The first-order chi connectivity index (χ1) is 9.60. The van der Waals surface area contributed by atoms with E-state index in [2.05, 4.69) is 15.3 Å². The molecule has 20 heavy (non-hydrogen) atoms. The number of nitrogens with two attached hydrogens (primary N) is 1. The Labute approximate surface area is 119 Å². The number of aliphatic hydroxyl groups excluding tert-OH is 1. The summed E-state index contributed by atoms with van der Waals surface area (Å²) in [5, 5.41) is 9.75. The zero-order valence-electron chi connectivity index (χ0n) is 12.1. The molecule has 4 N–H and O–H groups in total. The van der Waals surface area contributed by atoms with E-state index in [1.54, 1.807) is 0 Å². The quantitative estimate of drug-likeness (QED) is 0.565. The smallest absolute Gasteiger partial charge is 0.148 e. The summed E-state index contributed by atoms with van der Waals surface area (Å²) in [6.07, 6.45) is 3.08. The van der Waals surface area contributed by atoms with Gasteiger partial charge in [-0.3, -0.25) is 0 Å². The van der Waals surface area contributed by atoms with Crippen LogP contribution >= 0.6 is 0 Å². The van der Waals surface area contributed by atoms with Gasteiger partial charge in [-0.05, 0) is 33.1 Å². The number of nitrogen functional groups attached to an aromatic ring is 1. The third-order valence-electron chi connectivity index (χ3n) is 4.42. The summed E-state index contributed by atoms with van der Waals surface area (Å²) in [5.74, 6) is 9.00. The molecule has 0 bridgehead atoms. The SMILES string of the molecule is Cc1c(NN)nc(C2CC2)nc1N1CCC(C(C)O)C1. The van der Waals surface area contributed by atoms with E-state index in [9.17, 15) is 5.11 Å². The number of hydrogen-bond donors (Lipinski definition) is 3. The highest BCUT2D eigenvalue weighted by atomic mass is 16.3. The van der Waals surface area contributed by atoms with Gasteiger partial charge in [0.25, 0.3) is 0 Å². The second kappa shape index (κ2) is 5.18. The van der Waals surface area contributed by atoms with Crippen LogP contribution in [0.5, 0.6) is 0 Å². The predicted octanol–water partition coefficient (Wildman–Crippen LogP) is 1.16. The highest BCUT2D eigenvalue weighted by Gasteiger charge is 2.32. The molecule has 0 aromatic carbocycles. The predicted molar refractivity (Wildman–Crippen MR) is 78.6 cm³/mol. The number of hydrazine groups is 1. The van der Waals surface area contributed by atoms with E-state index >= 15 is 0 Å². The van der Waals surface area contributed by atoms with Gasteiger partial charge in [-0.2, -0.15) is 0 Å². The molecule has 0 amide bonds. The van der Waals surface area contributed by atoms with Crippen molar-refractivity contribution in [3.63, 3.8) is 0 Å². The molecular formula is C14H23N5O. The van der Waals surface area contributed by atoms with Crippen LogP contribution in [0.2, 0.25) is 0 Å². The van der Waals surface area contributed by atoms with Gasteiger partial charge in [0, 0.05) is 30.5 Å². The minimum atomic E-state index is -0.267. The molecule has 2 fully saturated rings. The van der Waals surface area contributed by atoms with Gasteiger partial charge in [-0.1, -0.05) is 0 Å². The lowest BCUT2D eigenvalue weighted by atomic mass is 10.0. The second-order valence-electron chi connectivity index (χ2n) is 6.03. The average Bonchev–Trinajstić information content (AvgIpc) is 3.16. The third kappa shape index (κ3) is 2.45. The van der Waals surface area contributed by atoms with Crippen molar-refractivity contribution in [2.45, 2.75) is 45.1 Å². The van der Waals surface area contributed by atoms with Gasteiger partial charge in [-0.25, -0.2) is 15.8 Å². The van der Waals surface area contributed by atoms with Crippen molar-refractivity contribution in [1.29, 1.82) is 0 Å². The summed E-state index contributed by atoms with van der Waals surface area (Å²) >= 11 is 0. The Morgan fingerprint density at radius 3 is 2.65 bits per heavy atom. The minimum Gasteiger partial charge on any atom is -0.393 e. The van der Waals surface area contributed by atoms with E-state index < -0.39 is 0 Å². The van der Waals surface area contributed by atoms with Crippen LogP contribution in [0.25, 0.3) is 0 Å². The summed E-state index contributed by atoms with van der Waals surface area (Å²) in [6.45, 7) is 5.64.